The fraction of sp³-hybridized carbons (Fsp3) is 0.647. The van der Waals surface area contributed by atoms with Crippen LogP contribution in [0.1, 0.15) is 57.6 Å². The van der Waals surface area contributed by atoms with E-state index in [0.717, 1.165) is 30.1 Å². The van der Waals surface area contributed by atoms with E-state index in [4.69, 9.17) is 4.74 Å². The van der Waals surface area contributed by atoms with Gasteiger partial charge >= 0.3 is 0 Å². The van der Waals surface area contributed by atoms with E-state index < -0.39 is 0 Å². The predicted molar refractivity (Wildman–Crippen MR) is 78.3 cm³/mol. The summed E-state index contributed by atoms with van der Waals surface area (Å²) < 4.78 is 5.51. The van der Waals surface area contributed by atoms with E-state index in [0.29, 0.717) is 12.5 Å². The monoisotopic (exact) mass is 262 g/mol. The molecule has 0 aromatic heterocycles. The van der Waals surface area contributed by atoms with E-state index in [-0.39, 0.29) is 6.10 Å². The van der Waals surface area contributed by atoms with Crippen molar-refractivity contribution >= 4 is 0 Å². The Labute approximate surface area is 116 Å². The maximum atomic E-state index is 10.5. The second kappa shape index (κ2) is 6.95. The van der Waals surface area contributed by atoms with Crippen molar-refractivity contribution in [2.45, 2.75) is 52.1 Å². The predicted octanol–water partition coefficient (Wildman–Crippen LogP) is 4.34. The van der Waals surface area contributed by atoms with Gasteiger partial charge in [0.05, 0.1) is 12.7 Å². The average Bonchev–Trinajstić information content (AvgIpc) is 2.47. The molecule has 2 heteroatoms. The van der Waals surface area contributed by atoms with E-state index in [9.17, 15) is 5.11 Å². The summed E-state index contributed by atoms with van der Waals surface area (Å²) in [5, 5.41) is 10.5. The van der Waals surface area contributed by atoms with Crippen LogP contribution in [0.3, 0.4) is 0 Å². The number of ether oxygens (including phenoxy) is 1. The van der Waals surface area contributed by atoms with Crippen LogP contribution in [-0.2, 0) is 0 Å². The molecule has 1 N–H and O–H groups in total. The Kier molecular flexibility index (Phi) is 5.26. The standard InChI is InChI=1S/C17H26O2/c1-3-13-8-10-14(11-9-13)17(18)15-6-5-7-16(12-15)19-4-2/h5-7,12-14,17-18H,3-4,8-11H2,1-2H3. The van der Waals surface area contributed by atoms with Crippen molar-refractivity contribution in [3.05, 3.63) is 29.8 Å². The summed E-state index contributed by atoms with van der Waals surface area (Å²) in [6.07, 6.45) is 5.78. The molecule has 2 nitrogen and oxygen atoms in total. The van der Waals surface area contributed by atoms with E-state index >= 15 is 0 Å². The molecule has 1 aromatic rings. The van der Waals surface area contributed by atoms with Gasteiger partial charge in [-0.15, -0.1) is 0 Å². The Morgan fingerprint density at radius 1 is 1.21 bits per heavy atom. The second-order valence-corrected chi connectivity index (χ2v) is 5.64. The number of hydrogen-bond acceptors (Lipinski definition) is 2. The van der Waals surface area contributed by atoms with Gasteiger partial charge in [-0.1, -0.05) is 38.3 Å². The zero-order valence-electron chi connectivity index (χ0n) is 12.1. The van der Waals surface area contributed by atoms with Crippen LogP contribution in [0, 0.1) is 11.8 Å². The highest BCUT2D eigenvalue weighted by atomic mass is 16.5. The molecule has 0 heterocycles. The topological polar surface area (TPSA) is 29.5 Å². The summed E-state index contributed by atoms with van der Waals surface area (Å²) >= 11 is 0. The van der Waals surface area contributed by atoms with Crippen LogP contribution in [0.25, 0.3) is 0 Å². The zero-order chi connectivity index (χ0) is 13.7. The highest BCUT2D eigenvalue weighted by Gasteiger charge is 2.26. The normalized spacial score (nSPS) is 25.0. The summed E-state index contributed by atoms with van der Waals surface area (Å²) in [6.45, 7) is 4.92. The van der Waals surface area contributed by atoms with Crippen molar-refractivity contribution in [1.82, 2.24) is 0 Å². The number of rotatable bonds is 5. The van der Waals surface area contributed by atoms with Crippen molar-refractivity contribution in [1.29, 1.82) is 0 Å². The Hall–Kier alpha value is -1.02. The molecule has 0 bridgehead atoms. The molecule has 1 fully saturated rings. The summed E-state index contributed by atoms with van der Waals surface area (Å²) in [6, 6.07) is 7.92. The van der Waals surface area contributed by atoms with Gasteiger partial charge < -0.3 is 9.84 Å². The molecule has 0 amide bonds. The van der Waals surface area contributed by atoms with Crippen LogP contribution in [0.4, 0.5) is 0 Å². The smallest absolute Gasteiger partial charge is 0.119 e. The molecule has 0 aliphatic heterocycles. The average molecular weight is 262 g/mol. The van der Waals surface area contributed by atoms with Crippen LogP contribution >= 0.6 is 0 Å². The van der Waals surface area contributed by atoms with Gasteiger partial charge in [-0.05, 0) is 49.3 Å². The first-order chi connectivity index (χ1) is 9.24. The van der Waals surface area contributed by atoms with Crippen LogP contribution in [0.15, 0.2) is 24.3 Å². The van der Waals surface area contributed by atoms with E-state index in [1.54, 1.807) is 0 Å². The highest BCUT2D eigenvalue weighted by Crippen LogP contribution is 2.38. The molecule has 1 unspecified atom stereocenters. The molecule has 1 aliphatic rings. The van der Waals surface area contributed by atoms with Gasteiger partial charge in [-0.25, -0.2) is 0 Å². The third kappa shape index (κ3) is 3.73. The Morgan fingerprint density at radius 3 is 2.58 bits per heavy atom. The molecule has 1 atom stereocenters. The second-order valence-electron chi connectivity index (χ2n) is 5.64. The molecule has 1 aromatic carbocycles. The SMILES string of the molecule is CCOc1cccc(C(O)C2CCC(CC)CC2)c1. The van der Waals surface area contributed by atoms with E-state index in [1.807, 2.05) is 31.2 Å². The van der Waals surface area contributed by atoms with Crippen LogP contribution in [0.2, 0.25) is 0 Å². The number of hydrogen-bond donors (Lipinski definition) is 1. The molecule has 2 rings (SSSR count). The summed E-state index contributed by atoms with van der Waals surface area (Å²) in [7, 11) is 0. The van der Waals surface area contributed by atoms with Crippen molar-refractivity contribution in [2.24, 2.45) is 11.8 Å². The number of aliphatic hydroxyl groups is 1. The van der Waals surface area contributed by atoms with Gasteiger partial charge in [-0.3, -0.25) is 0 Å². The molecule has 19 heavy (non-hydrogen) atoms. The molecule has 106 valence electrons. The Bertz CT molecular complexity index is 381. The van der Waals surface area contributed by atoms with Gasteiger partial charge in [0.25, 0.3) is 0 Å². The number of aliphatic hydroxyl groups excluding tert-OH is 1. The van der Waals surface area contributed by atoms with Crippen LogP contribution < -0.4 is 4.74 Å². The van der Waals surface area contributed by atoms with Crippen molar-refractivity contribution in [3.8, 4) is 5.75 Å². The maximum absolute atomic E-state index is 10.5. The molecule has 1 aliphatic carbocycles. The molecule has 0 spiro atoms. The summed E-state index contributed by atoms with van der Waals surface area (Å²) in [5.74, 6) is 2.15. The van der Waals surface area contributed by atoms with Gasteiger partial charge in [0, 0.05) is 0 Å². The molecular formula is C17H26O2. The molecule has 0 saturated heterocycles. The molecule has 1 saturated carbocycles. The first kappa shape index (κ1) is 14.4. The molecule has 0 radical (unpaired) electrons. The summed E-state index contributed by atoms with van der Waals surface area (Å²) in [4.78, 5) is 0. The lowest BCUT2D eigenvalue weighted by Crippen LogP contribution is -2.20. The van der Waals surface area contributed by atoms with Gasteiger partial charge in [0.1, 0.15) is 5.75 Å². The minimum absolute atomic E-state index is 0.335. The minimum Gasteiger partial charge on any atom is -0.494 e. The summed E-state index contributed by atoms with van der Waals surface area (Å²) in [5.41, 5.74) is 1.01. The number of benzene rings is 1. The van der Waals surface area contributed by atoms with Crippen molar-refractivity contribution < 1.29 is 9.84 Å². The minimum atomic E-state index is -0.335. The van der Waals surface area contributed by atoms with E-state index in [2.05, 4.69) is 6.92 Å². The van der Waals surface area contributed by atoms with Crippen LogP contribution in [-0.4, -0.2) is 11.7 Å². The fourth-order valence-electron chi connectivity index (χ4n) is 3.14. The van der Waals surface area contributed by atoms with E-state index in [1.165, 1.54) is 19.3 Å². The Morgan fingerprint density at radius 2 is 1.95 bits per heavy atom. The van der Waals surface area contributed by atoms with Gasteiger partial charge in [0.2, 0.25) is 0 Å². The highest BCUT2D eigenvalue weighted by molar-refractivity contribution is 5.30. The van der Waals surface area contributed by atoms with Crippen LogP contribution in [0.5, 0.6) is 5.75 Å². The lowest BCUT2D eigenvalue weighted by molar-refractivity contribution is 0.0727. The molecular weight excluding hydrogens is 236 g/mol. The third-order valence-electron chi connectivity index (χ3n) is 4.43. The third-order valence-corrected chi connectivity index (χ3v) is 4.43. The van der Waals surface area contributed by atoms with Crippen molar-refractivity contribution in [3.63, 3.8) is 0 Å². The maximum Gasteiger partial charge on any atom is 0.119 e. The Balaban J connectivity index is 1.99. The first-order valence-corrected chi connectivity index (χ1v) is 7.65. The quantitative estimate of drug-likeness (QED) is 0.855. The largest absolute Gasteiger partial charge is 0.494 e. The zero-order valence-corrected chi connectivity index (χ0v) is 12.1. The fourth-order valence-corrected chi connectivity index (χ4v) is 3.14. The van der Waals surface area contributed by atoms with Gasteiger partial charge in [-0.2, -0.15) is 0 Å². The van der Waals surface area contributed by atoms with Gasteiger partial charge in [0.15, 0.2) is 0 Å². The lowest BCUT2D eigenvalue weighted by Gasteiger charge is -2.31. The first-order valence-electron chi connectivity index (χ1n) is 7.65. The lowest BCUT2D eigenvalue weighted by atomic mass is 9.77. The van der Waals surface area contributed by atoms with Crippen molar-refractivity contribution in [2.75, 3.05) is 6.61 Å².